The van der Waals surface area contributed by atoms with Crippen LogP contribution in [0.1, 0.15) is 0 Å². The highest BCUT2D eigenvalue weighted by atomic mass is 16.5. The van der Waals surface area contributed by atoms with Crippen LogP contribution in [-0.4, -0.2) is 26.2 Å². The highest BCUT2D eigenvalue weighted by Crippen LogP contribution is 2.00. The summed E-state index contributed by atoms with van der Waals surface area (Å²) in [6.07, 6.45) is 6.91. The Morgan fingerprint density at radius 1 is 1.11 bits per heavy atom. The van der Waals surface area contributed by atoms with Gasteiger partial charge < -0.3 is 9.47 Å². The molecule has 0 aromatic heterocycles. The van der Waals surface area contributed by atoms with Crippen LogP contribution < -0.4 is 0 Å². The van der Waals surface area contributed by atoms with Crippen LogP contribution in [-0.2, 0) is 19.1 Å². The number of hydrogen-bond donors (Lipinski definition) is 0. The molecule has 1 atom stereocenters. The second-order valence-corrected chi connectivity index (χ2v) is 3.08. The highest BCUT2D eigenvalue weighted by molar-refractivity contribution is 5.92. The van der Waals surface area contributed by atoms with Crippen molar-refractivity contribution in [2.75, 3.05) is 14.2 Å². The van der Waals surface area contributed by atoms with Crippen molar-refractivity contribution in [2.45, 2.75) is 0 Å². The minimum atomic E-state index is -0.991. The van der Waals surface area contributed by atoms with Gasteiger partial charge in [0.2, 0.25) is 0 Å². The molecule has 0 saturated carbocycles. The largest absolute Gasteiger partial charge is 0.468 e. The Morgan fingerprint density at radius 3 is 2.26 bits per heavy atom. The number of hydrogen-bond acceptors (Lipinski definition) is 6. The lowest BCUT2D eigenvalue weighted by Crippen LogP contribution is -2.11. The minimum absolute atomic E-state index is 0.156. The Bertz CT molecular complexity index is 504. The molecule has 0 fully saturated rings. The smallest absolute Gasteiger partial charge is 0.348 e. The molecule has 6 nitrogen and oxygen atoms in total. The van der Waals surface area contributed by atoms with Gasteiger partial charge in [-0.25, -0.2) is 4.79 Å². The molecule has 1 unspecified atom stereocenters. The lowest BCUT2D eigenvalue weighted by Gasteiger charge is -1.98. The number of allylic oxidation sites excluding steroid dienone is 4. The van der Waals surface area contributed by atoms with Crippen LogP contribution in [0, 0.1) is 28.6 Å². The Hall–Kier alpha value is -2.86. The van der Waals surface area contributed by atoms with E-state index in [1.807, 2.05) is 0 Å². The van der Waals surface area contributed by atoms with E-state index in [0.717, 1.165) is 0 Å². The first-order valence-corrected chi connectivity index (χ1v) is 5.11. The second-order valence-electron chi connectivity index (χ2n) is 3.08. The second kappa shape index (κ2) is 9.20. The van der Waals surface area contributed by atoms with E-state index in [-0.39, 0.29) is 5.57 Å². The number of esters is 2. The molecule has 0 saturated heterocycles. The monoisotopic (exact) mass is 260 g/mol. The van der Waals surface area contributed by atoms with Gasteiger partial charge in [0.1, 0.15) is 11.6 Å². The van der Waals surface area contributed by atoms with Crippen molar-refractivity contribution in [3.63, 3.8) is 0 Å². The third-order valence-electron chi connectivity index (χ3n) is 1.91. The van der Waals surface area contributed by atoms with Gasteiger partial charge in [0.15, 0.2) is 5.92 Å². The summed E-state index contributed by atoms with van der Waals surface area (Å²) in [6.45, 7) is 0. The van der Waals surface area contributed by atoms with Gasteiger partial charge in [-0.15, -0.1) is 0 Å². The number of carbonyl (C=O) groups is 2. The number of rotatable bonds is 5. The van der Waals surface area contributed by atoms with Gasteiger partial charge in [-0.05, 0) is 6.08 Å². The summed E-state index contributed by atoms with van der Waals surface area (Å²) < 4.78 is 8.78. The summed E-state index contributed by atoms with van der Waals surface area (Å²) in [7, 11) is 2.36. The Kier molecular flexibility index (Phi) is 7.81. The van der Waals surface area contributed by atoms with E-state index in [4.69, 9.17) is 10.5 Å². The first-order valence-electron chi connectivity index (χ1n) is 5.11. The fraction of sp³-hybridized carbons (Fsp3) is 0.231. The Morgan fingerprint density at radius 2 is 1.79 bits per heavy atom. The average molecular weight is 260 g/mol. The highest BCUT2D eigenvalue weighted by Gasteiger charge is 2.13. The van der Waals surface area contributed by atoms with Gasteiger partial charge in [0.05, 0.1) is 20.3 Å². The quantitative estimate of drug-likeness (QED) is 0.317. The molecule has 0 spiro atoms. The molecule has 0 heterocycles. The third kappa shape index (κ3) is 5.85. The van der Waals surface area contributed by atoms with Crippen molar-refractivity contribution in [1.82, 2.24) is 0 Å². The first kappa shape index (κ1) is 16.1. The Labute approximate surface area is 110 Å². The maximum absolute atomic E-state index is 11.1. The van der Waals surface area contributed by atoms with Crippen molar-refractivity contribution >= 4 is 11.9 Å². The van der Waals surface area contributed by atoms with Crippen LogP contribution in [0.2, 0.25) is 0 Å². The van der Waals surface area contributed by atoms with E-state index in [1.165, 1.54) is 44.6 Å². The van der Waals surface area contributed by atoms with E-state index in [0.29, 0.717) is 0 Å². The summed E-state index contributed by atoms with van der Waals surface area (Å²) in [6, 6.07) is 3.43. The predicted octanol–water partition coefficient (Wildman–Crippen LogP) is 1.03. The molecule has 0 aromatic rings. The molecule has 0 rings (SSSR count). The van der Waals surface area contributed by atoms with Crippen LogP contribution in [0.4, 0.5) is 0 Å². The van der Waals surface area contributed by atoms with Crippen molar-refractivity contribution < 1.29 is 19.1 Å². The molecule has 0 N–H and O–H groups in total. The summed E-state index contributed by atoms with van der Waals surface area (Å²) in [5, 5.41) is 17.3. The molecule has 6 heteroatoms. The molecule has 0 aliphatic rings. The molecule has 19 heavy (non-hydrogen) atoms. The normalized spacial score (nSPS) is 12.7. The zero-order valence-corrected chi connectivity index (χ0v) is 10.5. The summed E-state index contributed by atoms with van der Waals surface area (Å²) in [5.41, 5.74) is -0.156. The molecule has 0 radical (unpaired) electrons. The van der Waals surface area contributed by atoms with Gasteiger partial charge in [-0.3, -0.25) is 4.79 Å². The van der Waals surface area contributed by atoms with E-state index >= 15 is 0 Å². The summed E-state index contributed by atoms with van der Waals surface area (Å²) >= 11 is 0. The standard InChI is InChI=1S/C13H12N2O4/c1-18-12(16)10(8-14)6-4-3-5-7-11(9-15)13(17)19-2/h3-7,10H,1-2H3. The van der Waals surface area contributed by atoms with Crippen LogP contribution >= 0.6 is 0 Å². The van der Waals surface area contributed by atoms with Crippen molar-refractivity contribution in [3.8, 4) is 12.1 Å². The zero-order chi connectivity index (χ0) is 14.7. The first-order chi connectivity index (χ1) is 9.10. The van der Waals surface area contributed by atoms with Gasteiger partial charge in [0.25, 0.3) is 0 Å². The maximum Gasteiger partial charge on any atom is 0.348 e. The molecule has 0 aliphatic carbocycles. The van der Waals surface area contributed by atoms with Crippen LogP contribution in [0.3, 0.4) is 0 Å². The molecule has 0 amide bonds. The lowest BCUT2D eigenvalue weighted by atomic mass is 10.1. The van der Waals surface area contributed by atoms with E-state index in [2.05, 4.69) is 9.47 Å². The van der Waals surface area contributed by atoms with Crippen molar-refractivity contribution in [3.05, 3.63) is 36.0 Å². The average Bonchev–Trinajstić information content (AvgIpc) is 2.45. The fourth-order valence-electron chi connectivity index (χ4n) is 0.953. The molecular formula is C13H12N2O4. The number of ether oxygens (including phenoxy) is 2. The fourth-order valence-corrected chi connectivity index (χ4v) is 0.953. The third-order valence-corrected chi connectivity index (χ3v) is 1.91. The number of nitriles is 2. The van der Waals surface area contributed by atoms with Gasteiger partial charge in [-0.1, -0.05) is 24.3 Å². The van der Waals surface area contributed by atoms with Crippen molar-refractivity contribution in [1.29, 1.82) is 10.5 Å². The summed E-state index contributed by atoms with van der Waals surface area (Å²) in [5.74, 6) is -2.38. The van der Waals surface area contributed by atoms with Crippen LogP contribution in [0.15, 0.2) is 36.0 Å². The van der Waals surface area contributed by atoms with Gasteiger partial charge in [0, 0.05) is 0 Å². The number of carbonyl (C=O) groups excluding carboxylic acids is 2. The molecule has 0 bridgehead atoms. The number of nitrogens with zero attached hydrogens (tertiary/aromatic N) is 2. The molecular weight excluding hydrogens is 248 g/mol. The predicted molar refractivity (Wildman–Crippen MR) is 65.1 cm³/mol. The Balaban J connectivity index is 4.65. The van der Waals surface area contributed by atoms with Gasteiger partial charge >= 0.3 is 11.9 Å². The molecule has 0 aromatic carbocycles. The minimum Gasteiger partial charge on any atom is -0.468 e. The number of methoxy groups -OCH3 is 2. The van der Waals surface area contributed by atoms with E-state index < -0.39 is 17.9 Å². The van der Waals surface area contributed by atoms with Gasteiger partial charge in [-0.2, -0.15) is 10.5 Å². The molecule has 0 aliphatic heterocycles. The maximum atomic E-state index is 11.1. The van der Waals surface area contributed by atoms with E-state index in [9.17, 15) is 9.59 Å². The van der Waals surface area contributed by atoms with Crippen LogP contribution in [0.5, 0.6) is 0 Å². The lowest BCUT2D eigenvalue weighted by molar-refractivity contribution is -0.142. The van der Waals surface area contributed by atoms with Crippen LogP contribution in [0.25, 0.3) is 0 Å². The SMILES string of the molecule is COC(=O)C(C#N)=CC=CC=CC(C#N)C(=O)OC. The van der Waals surface area contributed by atoms with Crippen molar-refractivity contribution in [2.24, 2.45) is 5.92 Å². The summed E-state index contributed by atoms with van der Waals surface area (Å²) in [4.78, 5) is 22.1. The van der Waals surface area contributed by atoms with E-state index in [1.54, 1.807) is 12.1 Å². The molecule has 98 valence electrons. The zero-order valence-electron chi connectivity index (χ0n) is 10.5. The topological polar surface area (TPSA) is 100 Å².